The molecule has 17 heavy (non-hydrogen) atoms. The Morgan fingerprint density at radius 3 is 2.65 bits per heavy atom. The van der Waals surface area contributed by atoms with Crippen LogP contribution >= 0.6 is 0 Å². The molecule has 2 unspecified atom stereocenters. The molecule has 0 radical (unpaired) electrons. The molecule has 2 aliphatic rings. The SMILES string of the molecule is NCC1CCCN1C(=O)C1CCCCS1(=O)=O. The molecule has 98 valence electrons. The van der Waals surface area contributed by atoms with Gasteiger partial charge in [0.05, 0.1) is 5.75 Å². The van der Waals surface area contributed by atoms with Gasteiger partial charge >= 0.3 is 0 Å². The zero-order valence-electron chi connectivity index (χ0n) is 9.97. The van der Waals surface area contributed by atoms with E-state index in [0.29, 0.717) is 25.9 Å². The molecular weight excluding hydrogens is 240 g/mol. The minimum absolute atomic E-state index is 0.0413. The largest absolute Gasteiger partial charge is 0.337 e. The quantitative estimate of drug-likeness (QED) is 0.752. The molecule has 5 nitrogen and oxygen atoms in total. The molecule has 0 aromatic heterocycles. The van der Waals surface area contributed by atoms with Crippen molar-refractivity contribution in [2.45, 2.75) is 43.4 Å². The molecular formula is C11H20N2O3S. The molecule has 0 aromatic carbocycles. The van der Waals surface area contributed by atoms with Crippen LogP contribution in [0.15, 0.2) is 0 Å². The summed E-state index contributed by atoms with van der Waals surface area (Å²) < 4.78 is 23.8. The van der Waals surface area contributed by atoms with Gasteiger partial charge < -0.3 is 10.6 Å². The summed E-state index contributed by atoms with van der Waals surface area (Å²) in [6.07, 6.45) is 3.83. The lowest BCUT2D eigenvalue weighted by Crippen LogP contribution is -2.49. The monoisotopic (exact) mass is 260 g/mol. The number of amides is 1. The van der Waals surface area contributed by atoms with Crippen LogP contribution in [0.5, 0.6) is 0 Å². The molecule has 0 saturated carbocycles. The maximum absolute atomic E-state index is 12.3. The molecule has 0 aromatic rings. The van der Waals surface area contributed by atoms with Crippen molar-refractivity contribution >= 4 is 15.7 Å². The van der Waals surface area contributed by atoms with Crippen LogP contribution in [-0.4, -0.2) is 49.4 Å². The molecule has 2 atom stereocenters. The third kappa shape index (κ3) is 2.47. The average Bonchev–Trinajstić information content (AvgIpc) is 2.75. The van der Waals surface area contributed by atoms with E-state index in [1.54, 1.807) is 4.90 Å². The molecule has 6 heteroatoms. The molecule has 2 aliphatic heterocycles. The van der Waals surface area contributed by atoms with Crippen molar-refractivity contribution in [3.8, 4) is 0 Å². The zero-order valence-corrected chi connectivity index (χ0v) is 10.8. The van der Waals surface area contributed by atoms with E-state index in [-0.39, 0.29) is 17.7 Å². The van der Waals surface area contributed by atoms with E-state index < -0.39 is 15.1 Å². The third-order valence-corrected chi connectivity index (χ3v) is 5.95. The number of carbonyl (C=O) groups excluding carboxylic acids is 1. The standard InChI is InChI=1S/C11H20N2O3S/c12-8-9-4-3-6-13(9)11(14)10-5-1-2-7-17(10,15)16/h9-10H,1-8,12H2. The number of hydrogen-bond acceptors (Lipinski definition) is 4. The van der Waals surface area contributed by atoms with Gasteiger partial charge in [-0.1, -0.05) is 6.42 Å². The minimum atomic E-state index is -3.22. The molecule has 0 aliphatic carbocycles. The van der Waals surface area contributed by atoms with Crippen molar-refractivity contribution in [3.05, 3.63) is 0 Å². The van der Waals surface area contributed by atoms with E-state index in [1.165, 1.54) is 0 Å². The maximum atomic E-state index is 12.3. The second-order valence-electron chi connectivity index (χ2n) is 4.91. The van der Waals surface area contributed by atoms with Crippen LogP contribution in [0.2, 0.25) is 0 Å². The first-order chi connectivity index (χ1) is 8.06. The van der Waals surface area contributed by atoms with Gasteiger partial charge in [-0.05, 0) is 25.7 Å². The second kappa shape index (κ2) is 4.94. The molecule has 0 spiro atoms. The summed E-state index contributed by atoms with van der Waals surface area (Å²) >= 11 is 0. The number of nitrogens with zero attached hydrogens (tertiary/aromatic N) is 1. The summed E-state index contributed by atoms with van der Waals surface area (Å²) in [5.74, 6) is -0.0532. The number of rotatable bonds is 2. The minimum Gasteiger partial charge on any atom is -0.337 e. The van der Waals surface area contributed by atoms with E-state index in [1.807, 2.05) is 0 Å². The maximum Gasteiger partial charge on any atom is 0.241 e. The fraction of sp³-hybridized carbons (Fsp3) is 0.909. The molecule has 2 fully saturated rings. The Hall–Kier alpha value is -0.620. The van der Waals surface area contributed by atoms with E-state index in [9.17, 15) is 13.2 Å². The lowest BCUT2D eigenvalue weighted by atomic mass is 10.1. The van der Waals surface area contributed by atoms with Gasteiger partial charge in [0.15, 0.2) is 9.84 Å². The molecule has 2 rings (SSSR count). The molecule has 2 saturated heterocycles. The highest BCUT2D eigenvalue weighted by Gasteiger charge is 2.40. The number of hydrogen-bond donors (Lipinski definition) is 1. The lowest BCUT2D eigenvalue weighted by molar-refractivity contribution is -0.131. The van der Waals surface area contributed by atoms with Crippen LogP contribution in [0.4, 0.5) is 0 Å². The van der Waals surface area contributed by atoms with Crippen LogP contribution in [0.25, 0.3) is 0 Å². The Morgan fingerprint density at radius 2 is 2.00 bits per heavy atom. The first-order valence-corrected chi connectivity index (χ1v) is 8.00. The van der Waals surface area contributed by atoms with E-state index in [0.717, 1.165) is 19.3 Å². The van der Waals surface area contributed by atoms with Crippen molar-refractivity contribution in [2.75, 3.05) is 18.8 Å². The molecule has 1 amide bonds. The summed E-state index contributed by atoms with van der Waals surface area (Å²) in [6, 6.07) is 0.0413. The van der Waals surface area contributed by atoms with Crippen LogP contribution in [0.3, 0.4) is 0 Å². The Morgan fingerprint density at radius 1 is 1.24 bits per heavy atom. The summed E-state index contributed by atoms with van der Waals surface area (Å²) in [7, 11) is -3.22. The second-order valence-corrected chi connectivity index (χ2v) is 7.22. The van der Waals surface area contributed by atoms with Gasteiger partial charge in [-0.15, -0.1) is 0 Å². The molecule has 0 bridgehead atoms. The topological polar surface area (TPSA) is 80.5 Å². The first kappa shape index (κ1) is 12.8. The van der Waals surface area contributed by atoms with Crippen LogP contribution in [0.1, 0.15) is 32.1 Å². The van der Waals surface area contributed by atoms with Crippen molar-refractivity contribution in [2.24, 2.45) is 5.73 Å². The van der Waals surface area contributed by atoms with Gasteiger partial charge in [-0.2, -0.15) is 0 Å². The van der Waals surface area contributed by atoms with Gasteiger partial charge in [-0.3, -0.25) is 4.79 Å². The van der Waals surface area contributed by atoms with Gasteiger partial charge in [-0.25, -0.2) is 8.42 Å². The van der Waals surface area contributed by atoms with E-state index in [4.69, 9.17) is 5.73 Å². The number of nitrogens with two attached hydrogens (primary N) is 1. The van der Waals surface area contributed by atoms with Crippen molar-refractivity contribution in [1.82, 2.24) is 4.90 Å². The van der Waals surface area contributed by atoms with E-state index in [2.05, 4.69) is 0 Å². The van der Waals surface area contributed by atoms with Gasteiger partial charge in [0.1, 0.15) is 5.25 Å². The summed E-state index contributed by atoms with van der Waals surface area (Å²) in [6.45, 7) is 1.09. The smallest absolute Gasteiger partial charge is 0.241 e. The highest BCUT2D eigenvalue weighted by molar-refractivity contribution is 7.92. The van der Waals surface area contributed by atoms with Crippen molar-refractivity contribution in [3.63, 3.8) is 0 Å². The van der Waals surface area contributed by atoms with Crippen LogP contribution < -0.4 is 5.73 Å². The fourth-order valence-electron chi connectivity index (χ4n) is 2.79. The molecule has 2 N–H and O–H groups in total. The first-order valence-electron chi connectivity index (χ1n) is 6.28. The van der Waals surface area contributed by atoms with Crippen molar-refractivity contribution < 1.29 is 13.2 Å². The van der Waals surface area contributed by atoms with Gasteiger partial charge in [0, 0.05) is 19.1 Å². The predicted octanol–water partition coefficient (Wildman–Crippen LogP) is -0.0966. The number of carbonyl (C=O) groups is 1. The summed E-state index contributed by atoms with van der Waals surface area (Å²) in [5, 5.41) is -0.802. The Labute approximate surface area is 102 Å². The normalized spacial score (nSPS) is 32.6. The Kier molecular flexibility index (Phi) is 3.73. The average molecular weight is 260 g/mol. The van der Waals surface area contributed by atoms with Gasteiger partial charge in [0.2, 0.25) is 5.91 Å². The predicted molar refractivity (Wildman–Crippen MR) is 65.2 cm³/mol. The lowest BCUT2D eigenvalue weighted by Gasteiger charge is -2.29. The molecule has 2 heterocycles. The van der Waals surface area contributed by atoms with E-state index >= 15 is 0 Å². The summed E-state index contributed by atoms with van der Waals surface area (Å²) in [5.41, 5.74) is 5.62. The third-order valence-electron chi connectivity index (χ3n) is 3.79. The highest BCUT2D eigenvalue weighted by Crippen LogP contribution is 2.25. The Balaban J connectivity index is 2.13. The number of likely N-dealkylation sites (tertiary alicyclic amines) is 1. The zero-order chi connectivity index (χ0) is 12.5. The van der Waals surface area contributed by atoms with Crippen LogP contribution in [0, 0.1) is 0 Å². The summed E-state index contributed by atoms with van der Waals surface area (Å²) in [4.78, 5) is 14.0. The Bertz CT molecular complexity index is 394. The highest BCUT2D eigenvalue weighted by atomic mass is 32.2. The van der Waals surface area contributed by atoms with Crippen LogP contribution in [-0.2, 0) is 14.6 Å². The van der Waals surface area contributed by atoms with Gasteiger partial charge in [0.25, 0.3) is 0 Å². The van der Waals surface area contributed by atoms with Crippen molar-refractivity contribution in [1.29, 1.82) is 0 Å². The fourth-order valence-corrected chi connectivity index (χ4v) is 4.65. The number of sulfone groups is 1.